The van der Waals surface area contributed by atoms with Crippen LogP contribution in [0.2, 0.25) is 0 Å². The summed E-state index contributed by atoms with van der Waals surface area (Å²) in [5.74, 6) is 3.80. The van der Waals surface area contributed by atoms with E-state index in [2.05, 4.69) is 5.10 Å². The summed E-state index contributed by atoms with van der Waals surface area (Å²) in [4.78, 5) is 36.2. The van der Waals surface area contributed by atoms with Gasteiger partial charge < -0.3 is 0 Å². The molecule has 0 fully saturated rings. The van der Waals surface area contributed by atoms with E-state index in [1.807, 2.05) is 31.5 Å². The lowest BCUT2D eigenvalue weighted by molar-refractivity contribution is -0.156. The van der Waals surface area contributed by atoms with Gasteiger partial charge in [-0.1, -0.05) is 38.3 Å². The molecule has 0 aliphatic rings. The minimum Gasteiger partial charge on any atom is -0.286 e. The summed E-state index contributed by atoms with van der Waals surface area (Å²) in [5, 5.41) is 14.9. The number of carbonyl (C=O) groups excluding carboxylic acids is 3. The first-order chi connectivity index (χ1) is 14.8. The van der Waals surface area contributed by atoms with Gasteiger partial charge in [-0.2, -0.15) is 5.10 Å². The van der Waals surface area contributed by atoms with Crippen LogP contribution in [-0.4, -0.2) is 49.8 Å². The first-order valence-corrected chi connectivity index (χ1v) is 10.4. The van der Waals surface area contributed by atoms with Gasteiger partial charge in [0.2, 0.25) is 12.3 Å². The molecule has 0 radical (unpaired) electrons. The van der Waals surface area contributed by atoms with Crippen LogP contribution in [0.5, 0.6) is 0 Å². The Bertz CT molecular complexity index is 894. The lowest BCUT2D eigenvalue weighted by Crippen LogP contribution is -2.48. The lowest BCUT2D eigenvalue weighted by atomic mass is 9.99. The van der Waals surface area contributed by atoms with Crippen LogP contribution in [0.25, 0.3) is 0 Å². The fraction of sp³-hybridized carbons (Fsp3) is 0.455. The Labute approximate surface area is 182 Å². The molecule has 0 spiro atoms. The van der Waals surface area contributed by atoms with E-state index in [1.54, 1.807) is 24.3 Å². The molecule has 0 unspecified atom stereocenters. The molecule has 0 aliphatic carbocycles. The Morgan fingerprint density at radius 2 is 1.90 bits per heavy atom. The zero-order valence-electron chi connectivity index (χ0n) is 18.3. The van der Waals surface area contributed by atoms with Crippen molar-refractivity contribution in [1.82, 2.24) is 19.9 Å². The molecule has 1 atom stereocenters. The van der Waals surface area contributed by atoms with Crippen molar-refractivity contribution in [2.24, 2.45) is 11.8 Å². The number of amides is 3. The van der Waals surface area contributed by atoms with Gasteiger partial charge in [-0.05, 0) is 44.0 Å². The summed E-state index contributed by atoms with van der Waals surface area (Å²) < 4.78 is 1.87. The fourth-order valence-electron chi connectivity index (χ4n) is 3.40. The highest BCUT2D eigenvalue weighted by Crippen LogP contribution is 2.16. The number of benzene rings is 1. The van der Waals surface area contributed by atoms with Gasteiger partial charge in [-0.15, -0.1) is 0 Å². The topological polar surface area (TPSA) is 122 Å². The van der Waals surface area contributed by atoms with Crippen LogP contribution in [0.4, 0.5) is 0 Å². The molecule has 0 saturated heterocycles. The standard InChI is InChI=1S/C22H31N5O4/c1-4-5-6-7-20(14-25(31)15-28)22(30)27(23)21(29)19-10-8-18(9-11-19)13-26-17(3)12-16(2)24-26/h8-12,15,20,31H,4-7,13-14,23H2,1-3H3/t20-/m1/s1. The quantitative estimate of drug-likeness (QED) is 0.141. The maximum atomic E-state index is 12.8. The second-order valence-electron chi connectivity index (χ2n) is 7.72. The van der Waals surface area contributed by atoms with E-state index < -0.39 is 17.7 Å². The Morgan fingerprint density at radius 3 is 2.45 bits per heavy atom. The molecule has 3 N–H and O–H groups in total. The normalized spacial score (nSPS) is 11.8. The summed E-state index contributed by atoms with van der Waals surface area (Å²) in [6, 6.07) is 8.81. The maximum Gasteiger partial charge on any atom is 0.274 e. The molecule has 9 heteroatoms. The predicted octanol–water partition coefficient (Wildman–Crippen LogP) is 2.43. The second kappa shape index (κ2) is 11.4. The van der Waals surface area contributed by atoms with Crippen molar-refractivity contribution in [3.05, 3.63) is 52.8 Å². The highest BCUT2D eigenvalue weighted by atomic mass is 16.5. The number of hydroxylamine groups is 2. The van der Waals surface area contributed by atoms with E-state index in [-0.39, 0.29) is 18.5 Å². The molecule has 168 valence electrons. The van der Waals surface area contributed by atoms with E-state index in [9.17, 15) is 19.6 Å². The highest BCUT2D eigenvalue weighted by molar-refractivity contribution is 6.04. The van der Waals surface area contributed by atoms with Crippen molar-refractivity contribution in [2.75, 3.05) is 6.54 Å². The van der Waals surface area contributed by atoms with Gasteiger partial charge in [0.1, 0.15) is 0 Å². The summed E-state index contributed by atoms with van der Waals surface area (Å²) in [5.41, 5.74) is 3.21. The van der Waals surface area contributed by atoms with Crippen LogP contribution in [0.3, 0.4) is 0 Å². The summed E-state index contributed by atoms with van der Waals surface area (Å²) in [6.45, 7) is 6.28. The third-order valence-electron chi connectivity index (χ3n) is 5.13. The molecule has 0 saturated carbocycles. The van der Waals surface area contributed by atoms with E-state index in [1.165, 1.54) is 0 Å². The van der Waals surface area contributed by atoms with Crippen LogP contribution < -0.4 is 5.84 Å². The van der Waals surface area contributed by atoms with Crippen molar-refractivity contribution in [3.8, 4) is 0 Å². The Balaban J connectivity index is 2.07. The first kappa shape index (κ1) is 24.2. The average molecular weight is 430 g/mol. The summed E-state index contributed by atoms with van der Waals surface area (Å²) >= 11 is 0. The molecule has 31 heavy (non-hydrogen) atoms. The molecular weight excluding hydrogens is 398 g/mol. The molecule has 0 aliphatic heterocycles. The zero-order chi connectivity index (χ0) is 23.0. The largest absolute Gasteiger partial charge is 0.286 e. The average Bonchev–Trinajstić information content (AvgIpc) is 3.08. The molecule has 9 nitrogen and oxygen atoms in total. The summed E-state index contributed by atoms with van der Waals surface area (Å²) in [7, 11) is 0. The van der Waals surface area contributed by atoms with Crippen LogP contribution in [0.1, 0.15) is 59.9 Å². The SMILES string of the molecule is CCCCC[C@H](CN(O)C=O)C(=O)N(N)C(=O)c1ccc(Cn2nc(C)cc2C)cc1. The Morgan fingerprint density at radius 1 is 1.23 bits per heavy atom. The Hall–Kier alpha value is -3.04. The number of aromatic nitrogens is 2. The van der Waals surface area contributed by atoms with Crippen molar-refractivity contribution in [3.63, 3.8) is 0 Å². The third kappa shape index (κ3) is 6.73. The van der Waals surface area contributed by atoms with Gasteiger partial charge in [0.15, 0.2) is 0 Å². The van der Waals surface area contributed by atoms with Crippen molar-refractivity contribution in [2.45, 2.75) is 53.0 Å². The number of nitrogens with zero attached hydrogens (tertiary/aromatic N) is 4. The smallest absolute Gasteiger partial charge is 0.274 e. The predicted molar refractivity (Wildman–Crippen MR) is 115 cm³/mol. The maximum absolute atomic E-state index is 12.8. The van der Waals surface area contributed by atoms with Crippen LogP contribution in [-0.2, 0) is 16.1 Å². The van der Waals surface area contributed by atoms with E-state index in [0.717, 1.165) is 36.2 Å². The molecule has 2 aromatic rings. The number of carbonyl (C=O) groups is 3. The van der Waals surface area contributed by atoms with Gasteiger partial charge in [0.05, 0.1) is 24.7 Å². The monoisotopic (exact) mass is 429 g/mol. The Kier molecular flexibility index (Phi) is 8.89. The molecule has 1 heterocycles. The number of aryl methyl sites for hydroxylation is 2. The highest BCUT2D eigenvalue weighted by Gasteiger charge is 2.28. The summed E-state index contributed by atoms with van der Waals surface area (Å²) in [6.07, 6.45) is 3.21. The number of hydrazine groups is 1. The van der Waals surface area contributed by atoms with E-state index in [0.29, 0.717) is 23.0 Å². The van der Waals surface area contributed by atoms with Gasteiger partial charge in [-0.25, -0.2) is 15.9 Å². The minimum atomic E-state index is -0.763. The number of rotatable bonds is 11. The number of nitrogens with two attached hydrogens (primary N) is 1. The van der Waals surface area contributed by atoms with E-state index in [4.69, 9.17) is 5.84 Å². The van der Waals surface area contributed by atoms with Gasteiger partial charge in [0.25, 0.3) is 5.91 Å². The van der Waals surface area contributed by atoms with Crippen LogP contribution in [0, 0.1) is 19.8 Å². The molecule has 0 bridgehead atoms. The molecule has 3 amide bonds. The fourth-order valence-corrected chi connectivity index (χ4v) is 3.40. The minimum absolute atomic E-state index is 0.214. The van der Waals surface area contributed by atoms with Crippen LogP contribution >= 0.6 is 0 Å². The van der Waals surface area contributed by atoms with Crippen molar-refractivity contribution in [1.29, 1.82) is 0 Å². The molecule has 2 rings (SSSR count). The molecule has 1 aromatic carbocycles. The van der Waals surface area contributed by atoms with Gasteiger partial charge in [0, 0.05) is 11.3 Å². The first-order valence-electron chi connectivity index (χ1n) is 10.4. The van der Waals surface area contributed by atoms with Crippen molar-refractivity contribution >= 4 is 18.2 Å². The zero-order valence-corrected chi connectivity index (χ0v) is 18.3. The second-order valence-corrected chi connectivity index (χ2v) is 7.72. The number of hydrogen-bond donors (Lipinski definition) is 2. The number of imide groups is 1. The van der Waals surface area contributed by atoms with Gasteiger partial charge in [-0.3, -0.25) is 24.3 Å². The molecular formula is C22H31N5O4. The van der Waals surface area contributed by atoms with Gasteiger partial charge >= 0.3 is 0 Å². The van der Waals surface area contributed by atoms with Crippen molar-refractivity contribution < 1.29 is 19.6 Å². The third-order valence-corrected chi connectivity index (χ3v) is 5.13. The lowest BCUT2D eigenvalue weighted by Gasteiger charge is -2.23. The number of unbranched alkanes of at least 4 members (excludes halogenated alkanes) is 2. The van der Waals surface area contributed by atoms with E-state index >= 15 is 0 Å². The van der Waals surface area contributed by atoms with Crippen LogP contribution in [0.15, 0.2) is 30.3 Å². The molecule has 1 aromatic heterocycles. The number of hydrogen-bond acceptors (Lipinski definition) is 6.